The van der Waals surface area contributed by atoms with E-state index in [0.717, 1.165) is 0 Å². The van der Waals surface area contributed by atoms with Gasteiger partial charge in [0, 0.05) is 6.54 Å². The van der Waals surface area contributed by atoms with Gasteiger partial charge in [0.15, 0.2) is 9.84 Å². The Hall–Kier alpha value is -0.660. The first-order valence-electron chi connectivity index (χ1n) is 5.61. The Labute approximate surface area is 101 Å². The maximum atomic E-state index is 11.7. The van der Waals surface area contributed by atoms with Gasteiger partial charge in [-0.3, -0.25) is 4.79 Å². The second-order valence-electron chi connectivity index (χ2n) is 4.72. The molecule has 0 aliphatic carbocycles. The van der Waals surface area contributed by atoms with Gasteiger partial charge in [0.25, 0.3) is 0 Å². The van der Waals surface area contributed by atoms with E-state index in [9.17, 15) is 18.3 Å². The first kappa shape index (κ1) is 14.4. The maximum Gasteiger partial charge on any atom is 0.238 e. The highest BCUT2D eigenvalue weighted by Crippen LogP contribution is 2.19. The highest BCUT2D eigenvalue weighted by molar-refractivity contribution is 7.92. The van der Waals surface area contributed by atoms with E-state index in [1.807, 2.05) is 0 Å². The predicted molar refractivity (Wildman–Crippen MR) is 62.1 cm³/mol. The van der Waals surface area contributed by atoms with Crippen LogP contribution in [-0.4, -0.2) is 54.3 Å². The SMILES string of the molecule is CC(O)(CO)CNC(=O)C1CCCCS1(=O)=O. The molecule has 17 heavy (non-hydrogen) atoms. The van der Waals surface area contributed by atoms with Crippen LogP contribution in [0.2, 0.25) is 0 Å². The molecule has 0 bridgehead atoms. The Morgan fingerprint density at radius 1 is 1.47 bits per heavy atom. The first-order chi connectivity index (χ1) is 7.78. The lowest BCUT2D eigenvalue weighted by Crippen LogP contribution is -2.49. The van der Waals surface area contributed by atoms with Crippen molar-refractivity contribution in [1.82, 2.24) is 5.32 Å². The summed E-state index contributed by atoms with van der Waals surface area (Å²) in [5.41, 5.74) is -1.42. The number of rotatable bonds is 4. The monoisotopic (exact) mass is 265 g/mol. The minimum absolute atomic E-state index is 0.0431. The second-order valence-corrected chi connectivity index (χ2v) is 7.03. The summed E-state index contributed by atoms with van der Waals surface area (Å²) in [7, 11) is -3.35. The van der Waals surface area contributed by atoms with Crippen molar-refractivity contribution >= 4 is 15.7 Å². The van der Waals surface area contributed by atoms with Crippen LogP contribution in [0.1, 0.15) is 26.2 Å². The van der Waals surface area contributed by atoms with Crippen LogP contribution in [-0.2, 0) is 14.6 Å². The van der Waals surface area contributed by atoms with Gasteiger partial charge < -0.3 is 15.5 Å². The zero-order chi connectivity index (χ0) is 13.1. The molecule has 7 heteroatoms. The Bertz CT molecular complexity index is 376. The minimum Gasteiger partial charge on any atom is -0.393 e. The molecule has 100 valence electrons. The van der Waals surface area contributed by atoms with E-state index in [4.69, 9.17) is 5.11 Å². The molecule has 6 nitrogen and oxygen atoms in total. The summed E-state index contributed by atoms with van der Waals surface area (Å²) in [6, 6.07) is 0. The Morgan fingerprint density at radius 3 is 2.65 bits per heavy atom. The molecule has 0 aromatic carbocycles. The van der Waals surface area contributed by atoms with Crippen LogP contribution in [0.3, 0.4) is 0 Å². The Morgan fingerprint density at radius 2 is 2.12 bits per heavy atom. The number of carbonyl (C=O) groups is 1. The quantitative estimate of drug-likeness (QED) is 0.593. The Balaban J connectivity index is 2.58. The van der Waals surface area contributed by atoms with E-state index in [1.165, 1.54) is 6.92 Å². The van der Waals surface area contributed by atoms with Gasteiger partial charge in [0.05, 0.1) is 12.4 Å². The van der Waals surface area contributed by atoms with Crippen LogP contribution in [0.4, 0.5) is 0 Å². The van der Waals surface area contributed by atoms with Crippen molar-refractivity contribution in [1.29, 1.82) is 0 Å². The maximum absolute atomic E-state index is 11.7. The molecule has 1 fully saturated rings. The smallest absolute Gasteiger partial charge is 0.238 e. The molecule has 3 N–H and O–H groups in total. The summed E-state index contributed by atoms with van der Waals surface area (Å²) < 4.78 is 23.3. The van der Waals surface area contributed by atoms with Crippen molar-refractivity contribution in [3.8, 4) is 0 Å². The molecular weight excluding hydrogens is 246 g/mol. The molecule has 0 aromatic heterocycles. The van der Waals surface area contributed by atoms with Crippen LogP contribution in [0.25, 0.3) is 0 Å². The van der Waals surface area contributed by atoms with Gasteiger partial charge in [0.1, 0.15) is 10.9 Å². The molecule has 0 saturated carbocycles. The highest BCUT2D eigenvalue weighted by Gasteiger charge is 2.35. The number of aliphatic hydroxyl groups is 2. The van der Waals surface area contributed by atoms with Crippen LogP contribution in [0, 0.1) is 0 Å². The lowest BCUT2D eigenvalue weighted by atomic mass is 10.1. The normalized spacial score (nSPS) is 27.1. The fourth-order valence-corrected chi connectivity index (χ4v) is 3.52. The molecule has 2 atom stereocenters. The molecule has 0 spiro atoms. The topological polar surface area (TPSA) is 104 Å². The van der Waals surface area contributed by atoms with Crippen LogP contribution in [0.5, 0.6) is 0 Å². The average molecular weight is 265 g/mol. The highest BCUT2D eigenvalue weighted by atomic mass is 32.2. The standard InChI is InChI=1S/C10H19NO5S/c1-10(14,7-12)6-11-9(13)8-4-2-3-5-17(8,15)16/h8,12,14H,2-7H2,1H3,(H,11,13). The van der Waals surface area contributed by atoms with E-state index in [0.29, 0.717) is 19.3 Å². The van der Waals surface area contributed by atoms with Crippen molar-refractivity contribution in [2.24, 2.45) is 0 Å². The molecular formula is C10H19NO5S. The predicted octanol–water partition coefficient (Wildman–Crippen LogP) is -1.19. The summed E-state index contributed by atoms with van der Waals surface area (Å²) in [5, 5.41) is 19.6. The van der Waals surface area contributed by atoms with Gasteiger partial charge >= 0.3 is 0 Å². The van der Waals surface area contributed by atoms with Gasteiger partial charge in [-0.25, -0.2) is 8.42 Å². The molecule has 1 rings (SSSR count). The molecule has 0 radical (unpaired) electrons. The number of hydrogen-bond donors (Lipinski definition) is 3. The van der Waals surface area contributed by atoms with E-state index >= 15 is 0 Å². The summed E-state index contributed by atoms with van der Waals surface area (Å²) in [4.78, 5) is 11.7. The number of amides is 1. The lowest BCUT2D eigenvalue weighted by Gasteiger charge is -2.25. The zero-order valence-electron chi connectivity index (χ0n) is 9.85. The number of carbonyl (C=O) groups excluding carboxylic acids is 1. The minimum atomic E-state index is -3.35. The van der Waals surface area contributed by atoms with E-state index in [-0.39, 0.29) is 12.3 Å². The van der Waals surface area contributed by atoms with Gasteiger partial charge in [0.2, 0.25) is 5.91 Å². The number of hydrogen-bond acceptors (Lipinski definition) is 5. The summed E-state index contributed by atoms with van der Waals surface area (Å²) in [6.45, 7) is 0.710. The van der Waals surface area contributed by atoms with E-state index in [1.54, 1.807) is 0 Å². The van der Waals surface area contributed by atoms with Gasteiger partial charge in [-0.2, -0.15) is 0 Å². The summed E-state index contributed by atoms with van der Waals surface area (Å²) >= 11 is 0. The van der Waals surface area contributed by atoms with Crippen molar-refractivity contribution < 1.29 is 23.4 Å². The number of aliphatic hydroxyl groups excluding tert-OH is 1. The molecule has 1 aliphatic heterocycles. The van der Waals surface area contributed by atoms with Gasteiger partial charge in [-0.15, -0.1) is 0 Å². The number of sulfone groups is 1. The average Bonchev–Trinajstić information content (AvgIpc) is 2.25. The molecule has 1 heterocycles. The van der Waals surface area contributed by atoms with Crippen molar-refractivity contribution in [2.45, 2.75) is 37.0 Å². The lowest BCUT2D eigenvalue weighted by molar-refractivity contribution is -0.122. The first-order valence-corrected chi connectivity index (χ1v) is 7.32. The molecule has 2 unspecified atom stereocenters. The summed E-state index contributed by atoms with van der Waals surface area (Å²) in [5.74, 6) is -0.542. The summed E-state index contributed by atoms with van der Waals surface area (Å²) in [6.07, 6.45) is 1.64. The van der Waals surface area contributed by atoms with Crippen LogP contribution in [0.15, 0.2) is 0 Å². The van der Waals surface area contributed by atoms with Gasteiger partial charge in [-0.1, -0.05) is 6.42 Å². The van der Waals surface area contributed by atoms with E-state index in [2.05, 4.69) is 5.32 Å². The fraction of sp³-hybridized carbons (Fsp3) is 0.900. The van der Waals surface area contributed by atoms with Crippen molar-refractivity contribution in [3.63, 3.8) is 0 Å². The Kier molecular flexibility index (Phi) is 4.51. The van der Waals surface area contributed by atoms with E-state index < -0.39 is 33.2 Å². The third-order valence-corrected chi connectivity index (χ3v) is 5.03. The largest absolute Gasteiger partial charge is 0.393 e. The van der Waals surface area contributed by atoms with Crippen molar-refractivity contribution in [3.05, 3.63) is 0 Å². The molecule has 0 aromatic rings. The van der Waals surface area contributed by atoms with Crippen molar-refractivity contribution in [2.75, 3.05) is 18.9 Å². The molecule has 1 amide bonds. The molecule has 1 aliphatic rings. The second kappa shape index (κ2) is 5.32. The van der Waals surface area contributed by atoms with Crippen LogP contribution >= 0.6 is 0 Å². The van der Waals surface area contributed by atoms with Gasteiger partial charge in [-0.05, 0) is 19.8 Å². The fourth-order valence-electron chi connectivity index (χ4n) is 1.70. The third-order valence-electron chi connectivity index (χ3n) is 2.86. The zero-order valence-corrected chi connectivity index (χ0v) is 10.7. The number of nitrogens with one attached hydrogen (secondary N) is 1. The van der Waals surface area contributed by atoms with Crippen LogP contribution < -0.4 is 5.32 Å². The molecule has 1 saturated heterocycles. The third kappa shape index (κ3) is 3.93.